The zero-order valence-electron chi connectivity index (χ0n) is 7.68. The summed E-state index contributed by atoms with van der Waals surface area (Å²) in [6, 6.07) is 3.35. The van der Waals surface area contributed by atoms with Gasteiger partial charge in [-0.05, 0) is 32.0 Å². The van der Waals surface area contributed by atoms with Gasteiger partial charge in [0.2, 0.25) is 0 Å². The summed E-state index contributed by atoms with van der Waals surface area (Å²) in [6.45, 7) is 3.80. The summed E-state index contributed by atoms with van der Waals surface area (Å²) in [5.74, 6) is -0.870. The van der Waals surface area contributed by atoms with Gasteiger partial charge in [-0.3, -0.25) is 0 Å². The normalized spacial score (nSPS) is 10.8. The highest BCUT2D eigenvalue weighted by Crippen LogP contribution is 2.11. The Morgan fingerprint density at radius 2 is 2.00 bits per heavy atom. The van der Waals surface area contributed by atoms with Crippen LogP contribution in [0.5, 0.6) is 0 Å². The predicted molar refractivity (Wildman–Crippen MR) is 46.3 cm³/mol. The van der Waals surface area contributed by atoms with Gasteiger partial charge >= 0.3 is 0 Å². The minimum atomic E-state index is -0.441. The molecule has 1 aromatic rings. The van der Waals surface area contributed by atoms with Crippen LogP contribution < -0.4 is 0 Å². The van der Waals surface area contributed by atoms with Gasteiger partial charge in [0.1, 0.15) is 11.6 Å². The molecule has 0 radical (unpaired) electrons. The smallest absolute Gasteiger partial charge is 0.128 e. The lowest BCUT2D eigenvalue weighted by Crippen LogP contribution is -2.04. The summed E-state index contributed by atoms with van der Waals surface area (Å²) < 4.78 is 30.8. The SMILES string of the molecule is CC(C)OCc1cc(F)ccc1F. The monoisotopic (exact) mass is 186 g/mol. The Bertz CT molecular complexity index is 284. The first-order chi connectivity index (χ1) is 6.09. The molecule has 0 aliphatic heterocycles. The van der Waals surface area contributed by atoms with Gasteiger partial charge in [-0.25, -0.2) is 8.78 Å². The summed E-state index contributed by atoms with van der Waals surface area (Å²) in [4.78, 5) is 0. The molecule has 0 heterocycles. The zero-order valence-corrected chi connectivity index (χ0v) is 7.68. The third-order valence-electron chi connectivity index (χ3n) is 1.58. The molecule has 72 valence electrons. The van der Waals surface area contributed by atoms with Crippen LogP contribution in [0.25, 0.3) is 0 Å². The number of halogens is 2. The van der Waals surface area contributed by atoms with Gasteiger partial charge in [0.25, 0.3) is 0 Å². The fraction of sp³-hybridized carbons (Fsp3) is 0.400. The third kappa shape index (κ3) is 3.11. The first kappa shape index (κ1) is 10.1. The van der Waals surface area contributed by atoms with E-state index in [4.69, 9.17) is 4.74 Å². The number of benzene rings is 1. The van der Waals surface area contributed by atoms with E-state index in [-0.39, 0.29) is 18.3 Å². The second-order valence-electron chi connectivity index (χ2n) is 3.10. The van der Waals surface area contributed by atoms with Crippen molar-refractivity contribution in [2.24, 2.45) is 0 Å². The van der Waals surface area contributed by atoms with Crippen LogP contribution in [0.15, 0.2) is 18.2 Å². The number of ether oxygens (including phenoxy) is 1. The third-order valence-corrected chi connectivity index (χ3v) is 1.58. The highest BCUT2D eigenvalue weighted by molar-refractivity contribution is 5.17. The average Bonchev–Trinajstić information content (AvgIpc) is 2.06. The van der Waals surface area contributed by atoms with Gasteiger partial charge < -0.3 is 4.74 Å². The molecule has 0 saturated heterocycles. The summed E-state index contributed by atoms with van der Waals surface area (Å²) in [6.07, 6.45) is 0.0164. The van der Waals surface area contributed by atoms with Crippen molar-refractivity contribution in [1.29, 1.82) is 0 Å². The zero-order chi connectivity index (χ0) is 9.84. The Labute approximate surface area is 76.3 Å². The molecule has 3 heteroatoms. The fourth-order valence-corrected chi connectivity index (χ4v) is 0.910. The lowest BCUT2D eigenvalue weighted by atomic mass is 10.2. The molecule has 0 bridgehead atoms. The Kier molecular flexibility index (Phi) is 3.37. The van der Waals surface area contributed by atoms with E-state index in [0.29, 0.717) is 0 Å². The van der Waals surface area contributed by atoms with E-state index < -0.39 is 11.6 Å². The number of hydrogen-bond donors (Lipinski definition) is 0. The van der Waals surface area contributed by atoms with Gasteiger partial charge in [-0.15, -0.1) is 0 Å². The van der Waals surface area contributed by atoms with Crippen LogP contribution in [0.4, 0.5) is 8.78 Å². The van der Waals surface area contributed by atoms with E-state index in [1.54, 1.807) is 0 Å². The molecule has 0 N–H and O–H groups in total. The second kappa shape index (κ2) is 4.33. The Balaban J connectivity index is 2.70. The van der Waals surface area contributed by atoms with Gasteiger partial charge in [0.15, 0.2) is 0 Å². The minimum absolute atomic E-state index is 0.0164. The molecule has 0 atom stereocenters. The van der Waals surface area contributed by atoms with Crippen molar-refractivity contribution >= 4 is 0 Å². The topological polar surface area (TPSA) is 9.23 Å². The predicted octanol–water partition coefficient (Wildman–Crippen LogP) is 2.89. The standard InChI is InChI=1S/C10H12F2O/c1-7(2)13-6-8-5-9(11)3-4-10(8)12/h3-5,7H,6H2,1-2H3. The van der Waals surface area contributed by atoms with Gasteiger partial charge in [-0.2, -0.15) is 0 Å². The van der Waals surface area contributed by atoms with Crippen LogP contribution in [0, 0.1) is 11.6 Å². The largest absolute Gasteiger partial charge is 0.374 e. The Hall–Kier alpha value is -0.960. The highest BCUT2D eigenvalue weighted by atomic mass is 19.1. The maximum atomic E-state index is 13.0. The van der Waals surface area contributed by atoms with Crippen LogP contribution in [0.3, 0.4) is 0 Å². The fourth-order valence-electron chi connectivity index (χ4n) is 0.910. The summed E-state index contributed by atoms with van der Waals surface area (Å²) in [5, 5.41) is 0. The van der Waals surface area contributed by atoms with E-state index in [2.05, 4.69) is 0 Å². The van der Waals surface area contributed by atoms with E-state index in [0.717, 1.165) is 18.2 Å². The molecule has 0 saturated carbocycles. The van der Waals surface area contributed by atoms with Gasteiger partial charge in [-0.1, -0.05) is 0 Å². The summed E-state index contributed by atoms with van der Waals surface area (Å²) in [5.41, 5.74) is 0.258. The molecule has 0 aromatic heterocycles. The molecule has 1 aromatic carbocycles. The Morgan fingerprint density at radius 3 is 2.62 bits per heavy atom. The lowest BCUT2D eigenvalue weighted by Gasteiger charge is -2.07. The maximum Gasteiger partial charge on any atom is 0.128 e. The molecule has 0 fully saturated rings. The van der Waals surface area contributed by atoms with Crippen LogP contribution in [0.2, 0.25) is 0 Å². The number of rotatable bonds is 3. The first-order valence-corrected chi connectivity index (χ1v) is 4.15. The molecule has 0 spiro atoms. The average molecular weight is 186 g/mol. The molecule has 13 heavy (non-hydrogen) atoms. The molecular formula is C10H12F2O. The minimum Gasteiger partial charge on any atom is -0.374 e. The van der Waals surface area contributed by atoms with Crippen molar-refractivity contribution in [2.45, 2.75) is 26.6 Å². The van der Waals surface area contributed by atoms with Crippen molar-refractivity contribution in [3.63, 3.8) is 0 Å². The molecule has 0 aliphatic carbocycles. The molecule has 1 nitrogen and oxygen atoms in total. The van der Waals surface area contributed by atoms with Crippen molar-refractivity contribution < 1.29 is 13.5 Å². The van der Waals surface area contributed by atoms with Gasteiger partial charge in [0, 0.05) is 5.56 Å². The maximum absolute atomic E-state index is 13.0. The van der Waals surface area contributed by atoms with Crippen molar-refractivity contribution in [2.75, 3.05) is 0 Å². The van der Waals surface area contributed by atoms with E-state index in [1.165, 1.54) is 0 Å². The molecule has 0 aliphatic rings. The quantitative estimate of drug-likeness (QED) is 0.705. The first-order valence-electron chi connectivity index (χ1n) is 4.15. The van der Waals surface area contributed by atoms with Crippen LogP contribution in [-0.2, 0) is 11.3 Å². The van der Waals surface area contributed by atoms with Crippen LogP contribution >= 0.6 is 0 Å². The van der Waals surface area contributed by atoms with Gasteiger partial charge in [0.05, 0.1) is 12.7 Å². The highest BCUT2D eigenvalue weighted by Gasteiger charge is 2.04. The summed E-state index contributed by atoms with van der Waals surface area (Å²) >= 11 is 0. The molecular weight excluding hydrogens is 174 g/mol. The van der Waals surface area contributed by atoms with Crippen molar-refractivity contribution in [3.05, 3.63) is 35.4 Å². The second-order valence-corrected chi connectivity index (χ2v) is 3.10. The molecule has 0 unspecified atom stereocenters. The number of hydrogen-bond acceptors (Lipinski definition) is 1. The molecule has 0 amide bonds. The molecule has 1 rings (SSSR count). The van der Waals surface area contributed by atoms with E-state index in [1.807, 2.05) is 13.8 Å². The summed E-state index contributed by atoms with van der Waals surface area (Å²) in [7, 11) is 0. The van der Waals surface area contributed by atoms with Crippen LogP contribution in [-0.4, -0.2) is 6.10 Å². The van der Waals surface area contributed by atoms with E-state index in [9.17, 15) is 8.78 Å². The van der Waals surface area contributed by atoms with Crippen LogP contribution in [0.1, 0.15) is 19.4 Å². The Morgan fingerprint density at radius 1 is 1.31 bits per heavy atom. The van der Waals surface area contributed by atoms with E-state index >= 15 is 0 Å². The van der Waals surface area contributed by atoms with Crippen molar-refractivity contribution in [1.82, 2.24) is 0 Å². The van der Waals surface area contributed by atoms with Crippen molar-refractivity contribution in [3.8, 4) is 0 Å². The lowest BCUT2D eigenvalue weighted by molar-refractivity contribution is 0.0637.